The lowest BCUT2D eigenvalue weighted by Gasteiger charge is -2.22. The Hall–Kier alpha value is -1.12. The predicted octanol–water partition coefficient (Wildman–Crippen LogP) is 0.0931. The van der Waals surface area contributed by atoms with Gasteiger partial charge < -0.3 is 5.11 Å². The van der Waals surface area contributed by atoms with Gasteiger partial charge in [-0.2, -0.15) is 17.9 Å². The van der Waals surface area contributed by atoms with Crippen molar-refractivity contribution in [3.05, 3.63) is 11.8 Å². The average molecular weight is 288 g/mol. The van der Waals surface area contributed by atoms with E-state index in [1.165, 1.54) is 0 Å². The molecule has 8 heteroatoms. The molecule has 108 valence electrons. The van der Waals surface area contributed by atoms with Gasteiger partial charge in [0.05, 0.1) is 6.04 Å². The van der Waals surface area contributed by atoms with Gasteiger partial charge >= 0.3 is 0 Å². The fourth-order valence-electron chi connectivity index (χ4n) is 2.34. The van der Waals surface area contributed by atoms with Crippen LogP contribution in [0.25, 0.3) is 0 Å². The van der Waals surface area contributed by atoms with Gasteiger partial charge in [0, 0.05) is 30.7 Å². The van der Waals surface area contributed by atoms with Crippen LogP contribution in [0.5, 0.6) is 0 Å². The first-order chi connectivity index (χ1) is 8.77. The molecule has 2 aliphatic heterocycles. The first-order valence-corrected chi connectivity index (χ1v) is 7.80. The van der Waals surface area contributed by atoms with E-state index in [0.29, 0.717) is 13.0 Å². The Balaban J connectivity index is 2.03. The van der Waals surface area contributed by atoms with Gasteiger partial charge in [-0.1, -0.05) is 0 Å². The molecule has 0 saturated carbocycles. The summed E-state index contributed by atoms with van der Waals surface area (Å²) in [6.45, 7) is 5.80. The molecule has 7 nitrogen and oxygen atoms in total. The molecule has 2 aliphatic rings. The minimum absolute atomic E-state index is 0.0384. The molecule has 0 aromatic heterocycles. The molecule has 0 unspecified atom stereocenters. The highest BCUT2D eigenvalue weighted by atomic mass is 32.2. The fourth-order valence-corrected chi connectivity index (χ4v) is 3.63. The number of nitrogens with zero attached hydrogens (tertiary/aromatic N) is 2. The van der Waals surface area contributed by atoms with Crippen LogP contribution in [0.3, 0.4) is 0 Å². The third kappa shape index (κ3) is 3.46. The van der Waals surface area contributed by atoms with E-state index < -0.39 is 10.2 Å². The summed E-state index contributed by atoms with van der Waals surface area (Å²) in [6.07, 6.45) is 2.49. The number of hydrogen-bond acceptors (Lipinski definition) is 4. The van der Waals surface area contributed by atoms with Crippen LogP contribution in [0.2, 0.25) is 0 Å². The van der Waals surface area contributed by atoms with E-state index in [9.17, 15) is 13.5 Å². The number of aliphatic imine (C=N–C) groups is 1. The second-order valence-electron chi connectivity index (χ2n) is 5.23. The molecule has 0 spiro atoms. The predicted molar refractivity (Wildman–Crippen MR) is 73.0 cm³/mol. The summed E-state index contributed by atoms with van der Waals surface area (Å²) in [6, 6.07) is -0.528. The number of aliphatic hydroxyl groups excluding tert-OH is 1. The zero-order valence-electron chi connectivity index (χ0n) is 11.3. The Kier molecular flexibility index (Phi) is 3.84. The van der Waals surface area contributed by atoms with E-state index in [4.69, 9.17) is 0 Å². The van der Waals surface area contributed by atoms with Crippen molar-refractivity contribution in [3.63, 3.8) is 0 Å². The van der Waals surface area contributed by atoms with Crippen LogP contribution >= 0.6 is 0 Å². The van der Waals surface area contributed by atoms with Crippen molar-refractivity contribution in [2.75, 3.05) is 6.54 Å². The van der Waals surface area contributed by atoms with E-state index in [2.05, 4.69) is 14.4 Å². The van der Waals surface area contributed by atoms with E-state index in [-0.39, 0.29) is 24.1 Å². The summed E-state index contributed by atoms with van der Waals surface area (Å²) in [7, 11) is -3.51. The number of amidine groups is 1. The summed E-state index contributed by atoms with van der Waals surface area (Å²) in [5.41, 5.74) is 0.914. The molecule has 0 radical (unpaired) electrons. The van der Waals surface area contributed by atoms with Crippen LogP contribution in [0.15, 0.2) is 16.8 Å². The molecule has 1 saturated heterocycles. The van der Waals surface area contributed by atoms with Gasteiger partial charge in [-0.3, -0.25) is 4.90 Å². The summed E-state index contributed by atoms with van der Waals surface area (Å²) >= 11 is 0. The molecule has 1 fully saturated rings. The normalized spacial score (nSPS) is 27.3. The van der Waals surface area contributed by atoms with Crippen molar-refractivity contribution in [1.29, 1.82) is 0 Å². The molecule has 0 amide bonds. The molecule has 0 bridgehead atoms. The molecular weight excluding hydrogens is 268 g/mol. The van der Waals surface area contributed by atoms with Gasteiger partial charge in [-0.05, 0) is 26.8 Å². The largest absolute Gasteiger partial charge is 0.480 e. The van der Waals surface area contributed by atoms with Gasteiger partial charge in [-0.25, -0.2) is 4.99 Å². The molecule has 2 atom stereocenters. The van der Waals surface area contributed by atoms with Gasteiger partial charge in [0.15, 0.2) is 0 Å². The highest BCUT2D eigenvalue weighted by molar-refractivity contribution is 7.87. The molecule has 2 rings (SSSR count). The van der Waals surface area contributed by atoms with E-state index in [1.54, 1.807) is 18.7 Å². The SMILES string of the molecule is CC(C)NS(=O)(=O)N[C@H]1CC2=C[C@H](C)N=C(O)N2C1. The van der Waals surface area contributed by atoms with Crippen molar-refractivity contribution >= 4 is 16.2 Å². The lowest BCUT2D eigenvalue weighted by molar-refractivity contribution is 0.391. The number of fused-ring (bicyclic) bond motifs is 1. The average Bonchev–Trinajstić information content (AvgIpc) is 2.56. The van der Waals surface area contributed by atoms with Crippen LogP contribution in [0.4, 0.5) is 0 Å². The van der Waals surface area contributed by atoms with Crippen LogP contribution in [-0.4, -0.2) is 49.1 Å². The zero-order chi connectivity index (χ0) is 14.2. The molecule has 3 N–H and O–H groups in total. The second-order valence-corrected chi connectivity index (χ2v) is 6.71. The molecule has 2 heterocycles. The van der Waals surface area contributed by atoms with Gasteiger partial charge in [0.2, 0.25) is 0 Å². The minimum atomic E-state index is -3.51. The maximum absolute atomic E-state index is 11.8. The lowest BCUT2D eigenvalue weighted by atomic mass is 10.2. The second kappa shape index (κ2) is 5.10. The van der Waals surface area contributed by atoms with Gasteiger partial charge in [0.25, 0.3) is 16.2 Å². The summed E-state index contributed by atoms with van der Waals surface area (Å²) in [5.74, 6) is 0. The third-order valence-electron chi connectivity index (χ3n) is 2.91. The van der Waals surface area contributed by atoms with Crippen molar-refractivity contribution in [2.24, 2.45) is 4.99 Å². The molecule has 19 heavy (non-hydrogen) atoms. The highest BCUT2D eigenvalue weighted by Crippen LogP contribution is 2.26. The lowest BCUT2D eigenvalue weighted by Crippen LogP contribution is -2.46. The number of aliphatic hydroxyl groups is 1. The summed E-state index contributed by atoms with van der Waals surface area (Å²) < 4.78 is 28.7. The zero-order valence-corrected chi connectivity index (χ0v) is 12.1. The Bertz CT molecular complexity index is 512. The van der Waals surface area contributed by atoms with Crippen molar-refractivity contribution in [2.45, 2.75) is 45.3 Å². The fraction of sp³-hybridized carbons (Fsp3) is 0.727. The van der Waals surface area contributed by atoms with Crippen LogP contribution in [0, 0.1) is 0 Å². The first kappa shape index (κ1) is 14.3. The van der Waals surface area contributed by atoms with Crippen LogP contribution in [0.1, 0.15) is 27.2 Å². The number of rotatable bonds is 4. The van der Waals surface area contributed by atoms with Gasteiger partial charge in [-0.15, -0.1) is 0 Å². The Labute approximate surface area is 113 Å². The third-order valence-corrected chi connectivity index (χ3v) is 4.34. The van der Waals surface area contributed by atoms with Crippen molar-refractivity contribution in [1.82, 2.24) is 14.3 Å². The van der Waals surface area contributed by atoms with Crippen molar-refractivity contribution < 1.29 is 13.5 Å². The van der Waals surface area contributed by atoms with Crippen molar-refractivity contribution in [3.8, 4) is 0 Å². The quantitative estimate of drug-likeness (QED) is 0.683. The molecule has 0 aromatic rings. The maximum atomic E-state index is 11.8. The van der Waals surface area contributed by atoms with E-state index in [0.717, 1.165) is 5.70 Å². The van der Waals surface area contributed by atoms with E-state index >= 15 is 0 Å². The van der Waals surface area contributed by atoms with Crippen LogP contribution in [-0.2, 0) is 10.2 Å². The smallest absolute Gasteiger partial charge is 0.289 e. The minimum Gasteiger partial charge on any atom is -0.480 e. The topological polar surface area (TPSA) is 94.0 Å². The molecule has 0 aromatic carbocycles. The first-order valence-electron chi connectivity index (χ1n) is 6.31. The van der Waals surface area contributed by atoms with Crippen LogP contribution < -0.4 is 9.44 Å². The maximum Gasteiger partial charge on any atom is 0.289 e. The molecule has 0 aliphatic carbocycles. The standard InChI is InChI=1S/C11H20N4O3S/c1-7(2)13-19(17,18)14-9-5-10-4-8(3)12-11(16)15(10)6-9/h4,7-9,13-14H,5-6H2,1-3H3,(H,12,16)/t8-,9-/m0/s1. The summed E-state index contributed by atoms with van der Waals surface area (Å²) in [5, 5.41) is 9.75. The highest BCUT2D eigenvalue weighted by Gasteiger charge is 2.34. The summed E-state index contributed by atoms with van der Waals surface area (Å²) in [4.78, 5) is 5.67. The van der Waals surface area contributed by atoms with E-state index in [1.807, 2.05) is 13.0 Å². The Morgan fingerprint density at radius 2 is 2.21 bits per heavy atom. The monoisotopic (exact) mass is 288 g/mol. The number of nitrogens with one attached hydrogen (secondary N) is 2. The molecular formula is C11H20N4O3S. The Morgan fingerprint density at radius 1 is 1.53 bits per heavy atom. The van der Waals surface area contributed by atoms with Gasteiger partial charge in [0.1, 0.15) is 0 Å². The number of hydrogen-bond donors (Lipinski definition) is 3. The Morgan fingerprint density at radius 3 is 2.84 bits per heavy atom.